The van der Waals surface area contributed by atoms with Gasteiger partial charge in [-0.1, -0.05) is 356 Å². The Hall–Kier alpha value is -9.36. The molecule has 19 rings (SSSR count). The number of hydrogen-bond donors (Lipinski definition) is 0. The molecule has 0 aliphatic heterocycles. The van der Waals surface area contributed by atoms with Gasteiger partial charge in [-0.05, 0) is 138 Å². The maximum Gasteiger partial charge on any atom is 0.0713 e. The number of hydrogen-bond acceptors (Lipinski definition) is 0. The second kappa shape index (κ2) is 25.2. The zero-order chi connectivity index (χ0) is 59.0. The lowest BCUT2D eigenvalue weighted by atomic mass is 9.67. The van der Waals surface area contributed by atoms with Crippen molar-refractivity contribution >= 4 is 0 Å². The molecule has 418 valence electrons. The molecule has 12 aromatic rings. The maximum atomic E-state index is 2.35. The van der Waals surface area contributed by atoms with E-state index in [0.717, 1.165) is 12.8 Å². The standard InChI is InChI=1S/C27H20.C27H22.C25H18.3C2H6/c1-3-7-25-23(5-1)24-6-2-4-8-26(24)27(25)21-15-11-19(12-16-21)9-10-20-13-17-22(27)18-14-20;1-19-11-15-21(16-12-19)27(22-17-13-20(2)14-18-22)25-9-5-3-7-23(25)24-8-4-6-10-26(24)27;1-3-11-19(12-4-1)25(20-13-5-2-6-14-20)23-17-9-7-15-21(23)22-16-8-10-18-24(22)25;3*1-2/h1-8,11-18H,9-10H2;3-18H,1-2H3;1-18H;3*1-2H3. The van der Waals surface area contributed by atoms with Crippen LogP contribution in [0.3, 0.4) is 0 Å². The van der Waals surface area contributed by atoms with Gasteiger partial charge < -0.3 is 0 Å². The Morgan fingerprint density at radius 2 is 0.365 bits per heavy atom. The van der Waals surface area contributed by atoms with Crippen molar-refractivity contribution in [2.24, 2.45) is 0 Å². The molecule has 7 aliphatic carbocycles. The molecule has 0 amide bonds. The van der Waals surface area contributed by atoms with Gasteiger partial charge in [0.05, 0.1) is 16.2 Å². The molecular weight excluding hydrogens is 1020 g/mol. The monoisotopic (exact) mass is 1100 g/mol. The van der Waals surface area contributed by atoms with Crippen LogP contribution >= 0.6 is 0 Å². The van der Waals surface area contributed by atoms with E-state index in [-0.39, 0.29) is 16.2 Å². The highest BCUT2D eigenvalue weighted by Gasteiger charge is 2.48. The van der Waals surface area contributed by atoms with Crippen LogP contribution in [0.15, 0.2) is 303 Å². The summed E-state index contributed by atoms with van der Waals surface area (Å²) >= 11 is 0. The van der Waals surface area contributed by atoms with E-state index in [1.54, 1.807) is 0 Å². The predicted octanol–water partition coefficient (Wildman–Crippen LogP) is 21.9. The molecule has 0 atom stereocenters. The summed E-state index contributed by atoms with van der Waals surface area (Å²) in [6, 6.07) is 112. The van der Waals surface area contributed by atoms with E-state index in [2.05, 4.69) is 317 Å². The van der Waals surface area contributed by atoms with Gasteiger partial charge in [-0.2, -0.15) is 0 Å². The lowest BCUT2D eigenvalue weighted by molar-refractivity contribution is 0.767. The maximum absolute atomic E-state index is 2.35. The van der Waals surface area contributed by atoms with Gasteiger partial charge in [0.15, 0.2) is 0 Å². The van der Waals surface area contributed by atoms with Crippen molar-refractivity contribution in [2.75, 3.05) is 0 Å². The summed E-state index contributed by atoms with van der Waals surface area (Å²) in [5.41, 5.74) is 29.0. The fourth-order valence-electron chi connectivity index (χ4n) is 14.2. The smallest absolute Gasteiger partial charge is 0.0683 e. The van der Waals surface area contributed by atoms with E-state index >= 15 is 0 Å². The van der Waals surface area contributed by atoms with Crippen molar-refractivity contribution in [3.8, 4) is 33.4 Å². The molecule has 0 radical (unpaired) electrons. The molecule has 0 unspecified atom stereocenters. The third-order valence-electron chi connectivity index (χ3n) is 17.7. The van der Waals surface area contributed by atoms with E-state index in [1.165, 1.54) is 122 Å². The average molecular weight is 1100 g/mol. The molecule has 0 heterocycles. The highest BCUT2D eigenvalue weighted by molar-refractivity contribution is 5.89. The van der Waals surface area contributed by atoms with Crippen LogP contribution in [-0.2, 0) is 29.1 Å². The first-order valence-corrected chi connectivity index (χ1v) is 31.0. The topological polar surface area (TPSA) is 0 Å². The number of rotatable bonds is 4. The number of aryl methyl sites for hydroxylation is 4. The highest BCUT2D eigenvalue weighted by Crippen LogP contribution is 2.59. The number of benzene rings is 12. The minimum Gasteiger partial charge on any atom is -0.0683 e. The van der Waals surface area contributed by atoms with Crippen LogP contribution in [0.25, 0.3) is 33.4 Å². The van der Waals surface area contributed by atoms with Crippen molar-refractivity contribution in [2.45, 2.75) is 84.5 Å². The van der Waals surface area contributed by atoms with E-state index < -0.39 is 0 Å². The van der Waals surface area contributed by atoms with Crippen LogP contribution in [0.2, 0.25) is 0 Å². The largest absolute Gasteiger partial charge is 0.0713 e. The Kier molecular flexibility index (Phi) is 17.1. The lowest BCUT2D eigenvalue weighted by Gasteiger charge is -2.34. The minimum absolute atomic E-state index is 0.241. The van der Waals surface area contributed by atoms with Crippen LogP contribution in [0.4, 0.5) is 0 Å². The summed E-state index contributed by atoms with van der Waals surface area (Å²) in [6.45, 7) is 16.3. The molecule has 0 fully saturated rings. The zero-order valence-corrected chi connectivity index (χ0v) is 50.8. The second-order valence-electron chi connectivity index (χ2n) is 21.9. The second-order valence-corrected chi connectivity index (χ2v) is 21.9. The molecule has 4 bridgehead atoms. The first-order chi connectivity index (χ1) is 42.0. The lowest BCUT2D eigenvalue weighted by Crippen LogP contribution is -2.28. The summed E-state index contributed by atoms with van der Waals surface area (Å²) in [5.74, 6) is 0. The minimum atomic E-state index is -0.269. The van der Waals surface area contributed by atoms with Crippen LogP contribution in [0.1, 0.15) is 131 Å². The summed E-state index contributed by atoms with van der Waals surface area (Å²) in [6.07, 6.45) is 2.19. The molecule has 7 aliphatic rings. The Morgan fingerprint density at radius 1 is 0.188 bits per heavy atom. The van der Waals surface area contributed by atoms with Gasteiger partial charge in [0.2, 0.25) is 0 Å². The van der Waals surface area contributed by atoms with Gasteiger partial charge in [-0.25, -0.2) is 0 Å². The zero-order valence-electron chi connectivity index (χ0n) is 50.8. The molecule has 12 aromatic carbocycles. The van der Waals surface area contributed by atoms with E-state index in [1.807, 2.05) is 41.5 Å². The van der Waals surface area contributed by atoms with Crippen LogP contribution in [0.5, 0.6) is 0 Å². The van der Waals surface area contributed by atoms with Crippen molar-refractivity contribution in [1.82, 2.24) is 0 Å². The van der Waals surface area contributed by atoms with Gasteiger partial charge in [0.1, 0.15) is 0 Å². The van der Waals surface area contributed by atoms with Gasteiger partial charge in [0.25, 0.3) is 0 Å². The fraction of sp³-hybridized carbons (Fsp3) is 0.153. The Labute approximate surface area is 507 Å². The first kappa shape index (κ1) is 57.5. The fourth-order valence-corrected chi connectivity index (χ4v) is 14.2. The quantitative estimate of drug-likeness (QED) is 0.165. The molecule has 85 heavy (non-hydrogen) atoms. The van der Waals surface area contributed by atoms with Crippen molar-refractivity contribution in [1.29, 1.82) is 0 Å². The summed E-state index contributed by atoms with van der Waals surface area (Å²) in [5, 5.41) is 0. The normalized spacial score (nSPS) is 13.6. The third kappa shape index (κ3) is 9.69. The third-order valence-corrected chi connectivity index (χ3v) is 17.7. The van der Waals surface area contributed by atoms with Crippen LogP contribution in [0, 0.1) is 13.8 Å². The van der Waals surface area contributed by atoms with Crippen molar-refractivity contribution < 1.29 is 0 Å². The molecule has 0 nitrogen and oxygen atoms in total. The van der Waals surface area contributed by atoms with Crippen molar-refractivity contribution in [3.05, 3.63) is 392 Å². The predicted molar refractivity (Wildman–Crippen MR) is 362 cm³/mol. The summed E-state index contributed by atoms with van der Waals surface area (Å²) in [7, 11) is 0. The average Bonchev–Trinajstić information content (AvgIpc) is 1.71. The Balaban J connectivity index is 0.000000127. The van der Waals surface area contributed by atoms with Gasteiger partial charge in [-0.15, -0.1) is 0 Å². The van der Waals surface area contributed by atoms with Gasteiger partial charge in [-0.3, -0.25) is 0 Å². The van der Waals surface area contributed by atoms with Gasteiger partial charge >= 0.3 is 0 Å². The van der Waals surface area contributed by atoms with Crippen LogP contribution in [-0.4, -0.2) is 0 Å². The van der Waals surface area contributed by atoms with Crippen LogP contribution < -0.4 is 0 Å². The van der Waals surface area contributed by atoms with E-state index in [0.29, 0.717) is 0 Å². The summed E-state index contributed by atoms with van der Waals surface area (Å²) in [4.78, 5) is 0. The van der Waals surface area contributed by atoms with Crippen molar-refractivity contribution in [3.63, 3.8) is 0 Å². The van der Waals surface area contributed by atoms with E-state index in [4.69, 9.17) is 0 Å². The molecule has 0 saturated carbocycles. The molecular formula is C85H78. The Bertz CT molecular complexity index is 3800. The summed E-state index contributed by atoms with van der Waals surface area (Å²) < 4.78 is 0. The number of fused-ring (bicyclic) bond motifs is 9. The molecule has 1 spiro atoms. The first-order valence-electron chi connectivity index (χ1n) is 31.0. The molecule has 0 N–H and O–H groups in total. The molecule has 0 heteroatoms. The molecule has 0 saturated heterocycles. The van der Waals surface area contributed by atoms with E-state index in [9.17, 15) is 0 Å². The molecule has 0 aromatic heterocycles. The Morgan fingerprint density at radius 3 is 0.588 bits per heavy atom. The van der Waals surface area contributed by atoms with Gasteiger partial charge in [0, 0.05) is 0 Å². The SMILES string of the molecule is CC.CC.CC.Cc1ccc(C2(c3ccc(C)cc3)c3ccccc3-c3ccccc32)cc1.c1ccc(C2(c3ccccc3)c3ccccc3-c3ccccc32)cc1.c1ccc2c(c1)-c1ccccc1C21c2ccc(cc2)CCc2ccc1cc2. The highest BCUT2D eigenvalue weighted by atomic mass is 14.5.